The predicted octanol–water partition coefficient (Wildman–Crippen LogP) is 2.69. The van der Waals surface area contributed by atoms with Gasteiger partial charge in [-0.2, -0.15) is 0 Å². The molecule has 7 heteroatoms. The molecule has 1 amide bonds. The number of thioether (sulfide) groups is 1. The lowest BCUT2D eigenvalue weighted by atomic mass is 10.4. The van der Waals surface area contributed by atoms with Gasteiger partial charge in [0.2, 0.25) is 5.91 Å². The van der Waals surface area contributed by atoms with Crippen LogP contribution in [0.4, 0.5) is 5.82 Å². The van der Waals surface area contributed by atoms with Crippen LogP contribution in [0.1, 0.15) is 12.8 Å². The molecule has 0 saturated carbocycles. The van der Waals surface area contributed by atoms with E-state index in [0.29, 0.717) is 20.8 Å². The van der Waals surface area contributed by atoms with Crippen molar-refractivity contribution in [2.75, 3.05) is 24.6 Å². The lowest BCUT2D eigenvalue weighted by Crippen LogP contribution is -2.29. The van der Waals surface area contributed by atoms with E-state index in [1.54, 1.807) is 6.07 Å². The summed E-state index contributed by atoms with van der Waals surface area (Å²) in [5.41, 5.74) is 5.61. The molecule has 0 aliphatic carbocycles. The molecule has 1 aromatic heterocycles. The van der Waals surface area contributed by atoms with Crippen LogP contribution in [0.15, 0.2) is 11.1 Å². The zero-order valence-electron chi connectivity index (χ0n) is 9.66. The molecule has 0 atom stereocenters. The molecule has 1 aromatic rings. The number of carbonyl (C=O) groups is 1. The monoisotopic (exact) mass is 305 g/mol. The Morgan fingerprint density at radius 3 is 2.72 bits per heavy atom. The summed E-state index contributed by atoms with van der Waals surface area (Å²) >= 11 is 13.1. The smallest absolute Gasteiger partial charge is 0.232 e. The van der Waals surface area contributed by atoms with E-state index in [2.05, 4.69) is 4.98 Å². The topological polar surface area (TPSA) is 59.2 Å². The molecule has 98 valence electrons. The van der Waals surface area contributed by atoms with Crippen LogP contribution >= 0.6 is 35.0 Å². The molecule has 1 aliphatic rings. The van der Waals surface area contributed by atoms with Crippen LogP contribution in [0.2, 0.25) is 10.0 Å². The summed E-state index contributed by atoms with van der Waals surface area (Å²) in [7, 11) is 0. The average Bonchev–Trinajstić information content (AvgIpc) is 2.85. The molecule has 18 heavy (non-hydrogen) atoms. The number of pyridine rings is 1. The van der Waals surface area contributed by atoms with E-state index < -0.39 is 0 Å². The molecule has 0 unspecified atom stereocenters. The predicted molar refractivity (Wildman–Crippen MR) is 75.2 cm³/mol. The summed E-state index contributed by atoms with van der Waals surface area (Å²) in [5.74, 6) is 0.675. The quantitative estimate of drug-likeness (QED) is 0.872. The van der Waals surface area contributed by atoms with Crippen molar-refractivity contribution < 1.29 is 4.79 Å². The summed E-state index contributed by atoms with van der Waals surface area (Å²) in [5, 5.41) is 1.30. The van der Waals surface area contributed by atoms with Crippen molar-refractivity contribution in [3.63, 3.8) is 0 Å². The molecule has 2 rings (SSSR count). The maximum atomic E-state index is 11.9. The van der Waals surface area contributed by atoms with Crippen LogP contribution in [-0.2, 0) is 4.79 Å². The highest BCUT2D eigenvalue weighted by molar-refractivity contribution is 8.00. The molecule has 0 aromatic carbocycles. The number of nitrogens with two attached hydrogens (primary N) is 1. The van der Waals surface area contributed by atoms with Crippen molar-refractivity contribution in [3.05, 3.63) is 16.1 Å². The molecule has 0 bridgehead atoms. The highest BCUT2D eigenvalue weighted by Crippen LogP contribution is 2.30. The largest absolute Gasteiger partial charge is 0.382 e. The molecule has 2 N–H and O–H groups in total. The minimum atomic E-state index is 0.115. The Bertz CT molecular complexity index is 464. The Hall–Kier alpha value is -0.650. The second-order valence-electron chi connectivity index (χ2n) is 4.02. The van der Waals surface area contributed by atoms with E-state index in [-0.39, 0.29) is 11.7 Å². The van der Waals surface area contributed by atoms with Gasteiger partial charge in [0, 0.05) is 13.1 Å². The third kappa shape index (κ3) is 3.22. The van der Waals surface area contributed by atoms with Gasteiger partial charge in [0.1, 0.15) is 10.8 Å². The van der Waals surface area contributed by atoms with Gasteiger partial charge in [-0.25, -0.2) is 4.98 Å². The normalized spacial score (nSPS) is 15.1. The van der Waals surface area contributed by atoms with E-state index in [1.165, 1.54) is 11.8 Å². The second kappa shape index (κ2) is 5.99. The van der Waals surface area contributed by atoms with Gasteiger partial charge < -0.3 is 10.6 Å². The first-order valence-electron chi connectivity index (χ1n) is 5.60. The Morgan fingerprint density at radius 1 is 1.39 bits per heavy atom. The Balaban J connectivity index is 1.97. The number of anilines is 1. The average molecular weight is 306 g/mol. The number of hydrogen-bond acceptors (Lipinski definition) is 4. The maximum Gasteiger partial charge on any atom is 0.232 e. The van der Waals surface area contributed by atoms with E-state index in [4.69, 9.17) is 28.9 Å². The molecule has 4 nitrogen and oxygen atoms in total. The first-order chi connectivity index (χ1) is 8.58. The van der Waals surface area contributed by atoms with Crippen LogP contribution in [0.25, 0.3) is 0 Å². The minimum absolute atomic E-state index is 0.115. The van der Waals surface area contributed by atoms with E-state index in [9.17, 15) is 4.79 Å². The standard InChI is InChI=1S/C11H13Cl2N3OS/c12-7-5-8(13)11(15-10(7)14)18-6-9(17)16-3-1-2-4-16/h5H,1-4,6H2,(H2,14,15). The molecule has 0 spiro atoms. The highest BCUT2D eigenvalue weighted by Gasteiger charge is 2.18. The number of aromatic nitrogens is 1. The van der Waals surface area contributed by atoms with E-state index in [0.717, 1.165) is 25.9 Å². The van der Waals surface area contributed by atoms with E-state index >= 15 is 0 Å². The highest BCUT2D eigenvalue weighted by atomic mass is 35.5. The second-order valence-corrected chi connectivity index (χ2v) is 5.80. The minimum Gasteiger partial charge on any atom is -0.382 e. The molecule has 1 fully saturated rings. The fraction of sp³-hybridized carbons (Fsp3) is 0.455. The molecule has 0 radical (unpaired) electrons. The zero-order valence-corrected chi connectivity index (χ0v) is 12.0. The summed E-state index contributed by atoms with van der Waals surface area (Å²) in [6.07, 6.45) is 2.17. The number of nitrogen functional groups attached to an aromatic ring is 1. The third-order valence-corrected chi connectivity index (χ3v) is 4.39. The van der Waals surface area contributed by atoms with Gasteiger partial charge in [-0.15, -0.1) is 0 Å². The lowest BCUT2D eigenvalue weighted by Gasteiger charge is -2.14. The van der Waals surface area contributed by atoms with Crippen molar-refractivity contribution in [3.8, 4) is 0 Å². The first-order valence-corrected chi connectivity index (χ1v) is 7.34. The van der Waals surface area contributed by atoms with Crippen molar-refractivity contribution in [1.29, 1.82) is 0 Å². The third-order valence-electron chi connectivity index (χ3n) is 2.72. The fourth-order valence-corrected chi connectivity index (χ4v) is 3.08. The molecule has 2 heterocycles. The van der Waals surface area contributed by atoms with Gasteiger partial charge in [0.05, 0.1) is 15.8 Å². The number of halogens is 2. The molecule has 1 aliphatic heterocycles. The summed E-state index contributed by atoms with van der Waals surface area (Å²) in [6.45, 7) is 1.70. The zero-order chi connectivity index (χ0) is 13.1. The first kappa shape index (κ1) is 13.8. The van der Waals surface area contributed by atoms with Gasteiger partial charge in [0.25, 0.3) is 0 Å². The number of hydrogen-bond donors (Lipinski definition) is 1. The van der Waals surface area contributed by atoms with Crippen molar-refractivity contribution in [2.24, 2.45) is 0 Å². The molecule has 1 saturated heterocycles. The SMILES string of the molecule is Nc1nc(SCC(=O)N2CCCC2)c(Cl)cc1Cl. The Morgan fingerprint density at radius 2 is 2.06 bits per heavy atom. The maximum absolute atomic E-state index is 11.9. The van der Waals surface area contributed by atoms with Gasteiger partial charge in [-0.3, -0.25) is 4.79 Å². The van der Waals surface area contributed by atoms with Crippen LogP contribution in [0.5, 0.6) is 0 Å². The number of amides is 1. The number of rotatable bonds is 3. The van der Waals surface area contributed by atoms with Crippen molar-refractivity contribution >= 4 is 46.7 Å². The van der Waals surface area contributed by atoms with E-state index in [1.807, 2.05) is 4.90 Å². The number of carbonyl (C=O) groups excluding carboxylic acids is 1. The lowest BCUT2D eigenvalue weighted by molar-refractivity contribution is -0.127. The number of nitrogens with zero attached hydrogens (tertiary/aromatic N) is 2. The Kier molecular flexibility index (Phi) is 4.59. The fourth-order valence-electron chi connectivity index (χ4n) is 1.75. The van der Waals surface area contributed by atoms with Crippen LogP contribution in [-0.4, -0.2) is 34.6 Å². The van der Waals surface area contributed by atoms with Crippen LogP contribution in [0.3, 0.4) is 0 Å². The van der Waals surface area contributed by atoms with Crippen LogP contribution in [0, 0.1) is 0 Å². The summed E-state index contributed by atoms with van der Waals surface area (Å²) in [6, 6.07) is 1.55. The van der Waals surface area contributed by atoms with Crippen molar-refractivity contribution in [1.82, 2.24) is 9.88 Å². The number of likely N-dealkylation sites (tertiary alicyclic amines) is 1. The van der Waals surface area contributed by atoms with Gasteiger partial charge in [-0.1, -0.05) is 35.0 Å². The van der Waals surface area contributed by atoms with Crippen molar-refractivity contribution in [2.45, 2.75) is 17.9 Å². The summed E-state index contributed by atoms with van der Waals surface area (Å²) < 4.78 is 0. The van der Waals surface area contributed by atoms with Crippen LogP contribution < -0.4 is 5.73 Å². The van der Waals surface area contributed by atoms with Gasteiger partial charge in [0.15, 0.2) is 0 Å². The summed E-state index contributed by atoms with van der Waals surface area (Å²) in [4.78, 5) is 17.8. The molecular formula is C11H13Cl2N3OS. The Labute approximate surface area is 120 Å². The molecular weight excluding hydrogens is 293 g/mol. The van der Waals surface area contributed by atoms with Gasteiger partial charge in [-0.05, 0) is 18.9 Å². The van der Waals surface area contributed by atoms with Gasteiger partial charge >= 0.3 is 0 Å².